The average molecular weight is 420 g/mol. The van der Waals surface area contributed by atoms with Crippen molar-refractivity contribution in [2.75, 3.05) is 19.0 Å². The van der Waals surface area contributed by atoms with Gasteiger partial charge >= 0.3 is 95.5 Å². The van der Waals surface area contributed by atoms with Crippen LogP contribution in [0.25, 0.3) is 0 Å². The van der Waals surface area contributed by atoms with E-state index in [1.807, 2.05) is 0 Å². The van der Waals surface area contributed by atoms with Crippen molar-refractivity contribution in [3.63, 3.8) is 0 Å². The van der Waals surface area contributed by atoms with Crippen LogP contribution in [0.4, 0.5) is 0 Å². The molecule has 1 heterocycles. The normalized spacial score (nSPS) is 47.9. The van der Waals surface area contributed by atoms with Gasteiger partial charge in [-0.3, -0.25) is 0 Å². The first kappa shape index (κ1) is 10.4. The third-order valence-corrected chi connectivity index (χ3v) is 11.3. The Morgan fingerprint density at radius 2 is 1.40 bits per heavy atom. The van der Waals surface area contributed by atoms with Crippen molar-refractivity contribution < 1.29 is 0 Å². The second-order valence-corrected chi connectivity index (χ2v) is 24.9. The van der Waals surface area contributed by atoms with Crippen molar-refractivity contribution in [1.82, 2.24) is 0 Å². The topological polar surface area (TPSA) is 0 Å². The van der Waals surface area contributed by atoms with Gasteiger partial charge < -0.3 is 0 Å². The van der Waals surface area contributed by atoms with Gasteiger partial charge in [-0.1, -0.05) is 0 Å². The molecule has 0 spiro atoms. The molecule has 1 aliphatic rings. The van der Waals surface area contributed by atoms with Crippen molar-refractivity contribution in [2.45, 2.75) is 9.65 Å². The molecule has 62 valence electrons. The van der Waals surface area contributed by atoms with Crippen LogP contribution in [0.3, 0.4) is 0 Å². The molecule has 0 radical (unpaired) electrons. The van der Waals surface area contributed by atoms with E-state index in [0.717, 1.165) is 0 Å². The van der Waals surface area contributed by atoms with Crippen molar-refractivity contribution in [3.8, 4) is 0 Å². The van der Waals surface area contributed by atoms with E-state index in [4.69, 9.17) is 0 Å². The summed E-state index contributed by atoms with van der Waals surface area (Å²) in [5.41, 5.74) is 0. The molecule has 0 aromatic heterocycles. The number of hydrogen-bond acceptors (Lipinski definition) is 0. The van der Waals surface area contributed by atoms with E-state index in [9.17, 15) is 0 Å². The van der Waals surface area contributed by atoms with E-state index in [2.05, 4.69) is 69.5 Å². The fourth-order valence-electron chi connectivity index (χ4n) is 1.16. The van der Waals surface area contributed by atoms with Gasteiger partial charge in [0.1, 0.15) is 0 Å². The van der Waals surface area contributed by atoms with Crippen molar-refractivity contribution in [3.05, 3.63) is 0 Å². The Labute approximate surface area is 94.6 Å². The third-order valence-electron chi connectivity index (χ3n) is 1.64. The Balaban J connectivity index is 2.75. The van der Waals surface area contributed by atoms with E-state index in [1.54, 1.807) is 0 Å². The van der Waals surface area contributed by atoms with Gasteiger partial charge in [-0.05, 0) is 0 Å². The first-order valence-electron chi connectivity index (χ1n) is 3.00. The molecule has 5 heteroatoms. The minimum absolute atomic E-state index is 0.619. The molecular formula is C5H9Br4P. The molecule has 0 aromatic rings. The van der Waals surface area contributed by atoms with Gasteiger partial charge in [-0.15, -0.1) is 0 Å². The summed E-state index contributed by atoms with van der Waals surface area (Å²) in [7, 11) is 0. The second kappa shape index (κ2) is 2.94. The second-order valence-electron chi connectivity index (χ2n) is 3.13. The summed E-state index contributed by atoms with van der Waals surface area (Å²) in [5.74, 6) is 0. The van der Waals surface area contributed by atoms with Crippen LogP contribution >= 0.6 is 66.8 Å². The summed E-state index contributed by atoms with van der Waals surface area (Å²) in [6.45, 7) is 2.31. The van der Waals surface area contributed by atoms with Crippen LogP contribution in [-0.4, -0.2) is 28.6 Å². The first-order valence-corrected chi connectivity index (χ1v) is 11.9. The summed E-state index contributed by atoms with van der Waals surface area (Å²) in [5, 5.41) is 0. The third kappa shape index (κ3) is 2.69. The molecular weight excluding hydrogens is 411 g/mol. The summed E-state index contributed by atoms with van der Waals surface area (Å²) >= 11 is 14.9. The van der Waals surface area contributed by atoms with Gasteiger partial charge in [0.05, 0.1) is 0 Å². The molecule has 0 N–H and O–H groups in total. The molecule has 1 saturated heterocycles. The molecule has 2 atom stereocenters. The van der Waals surface area contributed by atoms with Gasteiger partial charge in [0.25, 0.3) is 0 Å². The molecule has 1 aliphatic heterocycles. The molecule has 0 aromatic carbocycles. The van der Waals surface area contributed by atoms with Crippen LogP contribution in [0.2, 0.25) is 0 Å². The number of halogens is 4. The van der Waals surface area contributed by atoms with E-state index in [-0.39, 0.29) is 0 Å². The van der Waals surface area contributed by atoms with Gasteiger partial charge in [0.15, 0.2) is 0 Å². The number of alkyl halides is 2. The van der Waals surface area contributed by atoms with Crippen LogP contribution in [-0.2, 0) is 0 Å². The number of rotatable bonds is 0. The maximum absolute atomic E-state index is 3.81. The molecule has 0 saturated carbocycles. The van der Waals surface area contributed by atoms with Gasteiger partial charge in [-0.25, -0.2) is 0 Å². The predicted octanol–water partition coefficient (Wildman–Crippen LogP) is 4.33. The van der Waals surface area contributed by atoms with Crippen molar-refractivity contribution in [2.24, 2.45) is 0 Å². The van der Waals surface area contributed by atoms with E-state index < -0.39 is 4.01 Å². The molecule has 0 bridgehead atoms. The van der Waals surface area contributed by atoms with Crippen LogP contribution in [0.5, 0.6) is 0 Å². The number of hydrogen-bond donors (Lipinski definition) is 0. The first-order chi connectivity index (χ1) is 4.28. The molecule has 0 nitrogen and oxygen atoms in total. The quantitative estimate of drug-likeness (QED) is 0.405. The molecule has 2 unspecified atom stereocenters. The Morgan fingerprint density at radius 3 is 1.50 bits per heavy atom. The Morgan fingerprint density at radius 1 is 1.10 bits per heavy atom. The zero-order valence-electron chi connectivity index (χ0n) is 5.53. The Kier molecular flexibility index (Phi) is 3.06. The van der Waals surface area contributed by atoms with E-state index >= 15 is 0 Å². The molecule has 0 amide bonds. The molecule has 1 fully saturated rings. The Hall–Kier alpha value is 2.35. The van der Waals surface area contributed by atoms with E-state index in [1.165, 1.54) is 12.3 Å². The molecule has 10 heavy (non-hydrogen) atoms. The molecule has 0 aliphatic carbocycles. The van der Waals surface area contributed by atoms with Crippen molar-refractivity contribution in [1.29, 1.82) is 0 Å². The fraction of sp³-hybridized carbons (Fsp3) is 1.00. The summed E-state index contributed by atoms with van der Waals surface area (Å²) < 4.78 is -1.59. The summed E-state index contributed by atoms with van der Waals surface area (Å²) in [6, 6.07) is 0. The zero-order valence-corrected chi connectivity index (χ0v) is 12.8. The fourth-order valence-corrected chi connectivity index (χ4v) is 17.6. The summed E-state index contributed by atoms with van der Waals surface area (Å²) in [6.07, 6.45) is 2.45. The minimum atomic E-state index is -1.59. The zero-order chi connectivity index (χ0) is 8.02. The monoisotopic (exact) mass is 416 g/mol. The van der Waals surface area contributed by atoms with Gasteiger partial charge in [0.2, 0.25) is 0 Å². The molecule has 1 rings (SSSR count). The SMILES string of the molecule is CP1(Br)(Br)CC(Br)C(Br)C1. The summed E-state index contributed by atoms with van der Waals surface area (Å²) in [4.78, 5) is 1.24. The average Bonchev–Trinajstić information content (AvgIpc) is 1.74. The maximum atomic E-state index is 3.81. The van der Waals surface area contributed by atoms with Crippen molar-refractivity contribution >= 4 is 66.8 Å². The predicted molar refractivity (Wildman–Crippen MR) is 65.9 cm³/mol. The standard InChI is InChI=1S/C5H9Br4P/c1-10(8,9)2-4(6)5(7)3-10/h4-5H,2-3H2,1H3. The van der Waals surface area contributed by atoms with Gasteiger partial charge in [-0.2, -0.15) is 0 Å². The van der Waals surface area contributed by atoms with Crippen LogP contribution < -0.4 is 0 Å². The van der Waals surface area contributed by atoms with Gasteiger partial charge in [0, 0.05) is 0 Å². The Bertz CT molecular complexity index is 135. The van der Waals surface area contributed by atoms with Crippen LogP contribution in [0, 0.1) is 0 Å². The van der Waals surface area contributed by atoms with Crippen LogP contribution in [0.15, 0.2) is 0 Å². The van der Waals surface area contributed by atoms with Crippen LogP contribution in [0.1, 0.15) is 0 Å². The van der Waals surface area contributed by atoms with E-state index in [0.29, 0.717) is 9.65 Å².